The number of hydrogen-bond acceptors (Lipinski definition) is 6. The van der Waals surface area contributed by atoms with Crippen molar-refractivity contribution < 1.29 is 14.6 Å². The fourth-order valence-corrected chi connectivity index (χ4v) is 6.07. The molecule has 0 unspecified atom stereocenters. The second-order valence-corrected chi connectivity index (χ2v) is 12.5. The summed E-state index contributed by atoms with van der Waals surface area (Å²) in [5.41, 5.74) is 7.80. The Labute approximate surface area is 309 Å². The molecule has 48 heavy (non-hydrogen) atoms. The third-order valence-corrected chi connectivity index (χ3v) is 9.11. The number of rotatable bonds is 5. The normalized spacial score (nSPS) is 13.9. The molecule has 12 heteroatoms. The third kappa shape index (κ3) is 8.40. The summed E-state index contributed by atoms with van der Waals surface area (Å²) >= 11 is 6.40. The lowest BCUT2D eigenvalue weighted by atomic mass is 10.0. The number of H-pyrrole nitrogens is 3. The average molecular weight is 891 g/mol. The van der Waals surface area contributed by atoms with Crippen molar-refractivity contribution in [3.05, 3.63) is 137 Å². The molecule has 3 aromatic heterocycles. The lowest BCUT2D eigenvalue weighted by molar-refractivity contribution is 0.102. The molecule has 1 aliphatic heterocycles. The molecule has 4 N–H and O–H groups in total. The van der Waals surface area contributed by atoms with Crippen LogP contribution in [0.3, 0.4) is 0 Å². The maximum Gasteiger partial charge on any atom is 0.248 e. The zero-order valence-corrected chi connectivity index (χ0v) is 31.9. The average Bonchev–Trinajstić information content (AvgIpc) is 3.91. The first-order valence-electron chi connectivity index (χ1n) is 14.8. The van der Waals surface area contributed by atoms with Gasteiger partial charge in [0, 0.05) is 45.3 Å². The van der Waals surface area contributed by atoms with Crippen molar-refractivity contribution in [3.63, 3.8) is 0 Å². The summed E-state index contributed by atoms with van der Waals surface area (Å²) in [4.78, 5) is 53.8. The zero-order valence-electron chi connectivity index (χ0n) is 26.4. The molecule has 1 fully saturated rings. The molecule has 0 aliphatic carbocycles. The lowest BCUT2D eigenvalue weighted by Gasteiger charge is -2.12. The van der Waals surface area contributed by atoms with Crippen molar-refractivity contribution in [1.82, 2.24) is 15.0 Å². The number of epoxide rings is 1. The Hall–Kier alpha value is -3.43. The predicted molar refractivity (Wildman–Crippen MR) is 209 cm³/mol. The summed E-state index contributed by atoms with van der Waals surface area (Å²) in [6.45, 7) is 6.62. The van der Waals surface area contributed by atoms with E-state index in [1.165, 1.54) is 17.7 Å². The number of aromatic amines is 3. The van der Waals surface area contributed by atoms with Gasteiger partial charge in [0.15, 0.2) is 5.78 Å². The van der Waals surface area contributed by atoms with E-state index in [0.29, 0.717) is 10.9 Å². The van der Waals surface area contributed by atoms with Gasteiger partial charge < -0.3 is 24.8 Å². The van der Waals surface area contributed by atoms with Gasteiger partial charge in [0.2, 0.25) is 16.7 Å². The van der Waals surface area contributed by atoms with Crippen molar-refractivity contribution in [2.45, 2.75) is 33.0 Å². The first-order valence-corrected chi connectivity index (χ1v) is 17.1. The third-order valence-electron chi connectivity index (χ3n) is 7.98. The van der Waals surface area contributed by atoms with Crippen LogP contribution in [0.15, 0.2) is 87.2 Å². The summed E-state index contributed by atoms with van der Waals surface area (Å²) < 4.78 is 5.28. The fourth-order valence-electron chi connectivity index (χ4n) is 5.42. The van der Waals surface area contributed by atoms with E-state index in [0.717, 1.165) is 61.6 Å². The monoisotopic (exact) mass is 889 g/mol. The molecular formula is C36H34Br2IN3O6. The standard InChI is InChI=1S/C12H12BrNO2.C12H10BrNO2.C12H11NO2.HI/c2*1-7-2-3-8(10(15)6-13)9-4-5-11(16)14-12(7)9;1-7-2-3-8(10-6-15-10)9-4-5-11(14)13-12(7)9;/h2-5,10,15H,6H2,1H3,(H,14,16);2-5H,6H2,1H3,(H,14,16);2-5,10H,6H2,1H3,(H,13,14);1H/t10-;;10-;/m0.0./s1. The van der Waals surface area contributed by atoms with E-state index in [9.17, 15) is 24.3 Å². The topological polar surface area (TPSA) is 148 Å². The van der Waals surface area contributed by atoms with Crippen molar-refractivity contribution in [1.29, 1.82) is 0 Å². The Balaban J connectivity index is 0.000000161. The van der Waals surface area contributed by atoms with E-state index in [1.807, 2.05) is 51.1 Å². The number of aryl methyl sites for hydroxylation is 3. The van der Waals surface area contributed by atoms with Crippen LogP contribution in [0.2, 0.25) is 0 Å². The van der Waals surface area contributed by atoms with E-state index in [1.54, 1.807) is 24.3 Å². The van der Waals surface area contributed by atoms with Crippen LogP contribution in [0.4, 0.5) is 0 Å². The number of ether oxygens (including phenoxy) is 1. The van der Waals surface area contributed by atoms with Gasteiger partial charge in [0.1, 0.15) is 6.10 Å². The molecule has 0 amide bonds. The maximum absolute atomic E-state index is 11.7. The SMILES string of the molecule is Cc1ccc(C(=O)CBr)c2ccc(=O)[nH]c12.Cc1ccc([C@@H](O)CBr)c2ccc(=O)[nH]c12.Cc1ccc([C@@H]2CO2)c2ccc(=O)[nH]c12.I. The number of halogens is 3. The van der Waals surface area contributed by atoms with Gasteiger partial charge in [-0.05, 0) is 66.8 Å². The number of Topliss-reactive ketones (excluding diaryl/α,β-unsaturated/α-hetero) is 1. The Kier molecular flexibility index (Phi) is 12.7. The highest BCUT2D eigenvalue weighted by molar-refractivity contribution is 14.0. The number of hydrogen-bond donors (Lipinski definition) is 4. The van der Waals surface area contributed by atoms with Gasteiger partial charge in [-0.1, -0.05) is 68.3 Å². The first-order chi connectivity index (χ1) is 22.5. The quantitative estimate of drug-likeness (QED) is 0.0623. The number of carbonyl (C=O) groups excluding carboxylic acids is 1. The highest BCUT2D eigenvalue weighted by Gasteiger charge is 2.26. The summed E-state index contributed by atoms with van der Waals surface area (Å²) in [5.74, 6) is 0.0112. The second kappa shape index (κ2) is 16.3. The van der Waals surface area contributed by atoms with Crippen LogP contribution >= 0.6 is 55.8 Å². The van der Waals surface area contributed by atoms with Gasteiger partial charge in [-0.2, -0.15) is 0 Å². The molecule has 6 aromatic rings. The smallest absolute Gasteiger partial charge is 0.248 e. The molecule has 4 heterocycles. The van der Waals surface area contributed by atoms with Crippen LogP contribution in [0, 0.1) is 20.8 Å². The van der Waals surface area contributed by atoms with Crippen molar-refractivity contribution >= 4 is 94.3 Å². The minimum Gasteiger partial charge on any atom is -0.388 e. The van der Waals surface area contributed by atoms with Gasteiger partial charge >= 0.3 is 0 Å². The molecule has 0 spiro atoms. The van der Waals surface area contributed by atoms with E-state index in [-0.39, 0.29) is 57.9 Å². The maximum atomic E-state index is 11.7. The first kappa shape index (κ1) is 37.4. The number of aliphatic hydroxyl groups excluding tert-OH is 1. The molecule has 7 rings (SSSR count). The van der Waals surface area contributed by atoms with Gasteiger partial charge in [-0.15, -0.1) is 24.0 Å². The largest absolute Gasteiger partial charge is 0.388 e. The summed E-state index contributed by atoms with van der Waals surface area (Å²) in [5, 5.41) is 13.4. The Morgan fingerprint density at radius 1 is 0.729 bits per heavy atom. The molecule has 250 valence electrons. The van der Waals surface area contributed by atoms with Crippen LogP contribution in [0.1, 0.15) is 50.4 Å². The number of fused-ring (bicyclic) bond motifs is 3. The Morgan fingerprint density at radius 2 is 1.19 bits per heavy atom. The van der Waals surface area contributed by atoms with Gasteiger partial charge in [-0.25, -0.2) is 0 Å². The number of alkyl halides is 2. The van der Waals surface area contributed by atoms with E-state index >= 15 is 0 Å². The number of aromatic nitrogens is 3. The summed E-state index contributed by atoms with van der Waals surface area (Å²) in [6, 6.07) is 21.3. The molecule has 1 saturated heterocycles. The number of carbonyl (C=O) groups is 1. The van der Waals surface area contributed by atoms with Crippen LogP contribution in [-0.4, -0.2) is 43.1 Å². The molecule has 3 aromatic carbocycles. The van der Waals surface area contributed by atoms with Crippen LogP contribution < -0.4 is 16.7 Å². The number of pyridine rings is 3. The van der Waals surface area contributed by atoms with Gasteiger partial charge in [-0.3, -0.25) is 19.2 Å². The second-order valence-electron chi connectivity index (χ2n) is 11.3. The zero-order chi connectivity index (χ0) is 33.8. The number of benzene rings is 3. The minimum absolute atomic E-state index is 0. The van der Waals surface area contributed by atoms with E-state index < -0.39 is 6.10 Å². The molecule has 0 bridgehead atoms. The molecule has 0 saturated carbocycles. The van der Waals surface area contributed by atoms with Crippen LogP contribution in [0.5, 0.6) is 0 Å². The van der Waals surface area contributed by atoms with Gasteiger partial charge in [0.25, 0.3) is 0 Å². The fraction of sp³-hybridized carbons (Fsp3) is 0.222. The van der Waals surface area contributed by atoms with Crippen molar-refractivity contribution in [2.75, 3.05) is 17.3 Å². The van der Waals surface area contributed by atoms with Gasteiger partial charge in [0.05, 0.1) is 34.6 Å². The molecule has 2 atom stereocenters. The number of nitrogens with one attached hydrogen (secondary N) is 3. The minimum atomic E-state index is -0.561. The predicted octanol–water partition coefficient (Wildman–Crippen LogP) is 7.20. The number of ketones is 1. The van der Waals surface area contributed by atoms with E-state index in [2.05, 4.69) is 52.9 Å². The van der Waals surface area contributed by atoms with Crippen LogP contribution in [-0.2, 0) is 4.74 Å². The molecule has 1 aliphatic rings. The molecular weight excluding hydrogens is 857 g/mol. The van der Waals surface area contributed by atoms with Crippen LogP contribution in [0.25, 0.3) is 32.7 Å². The Bertz CT molecular complexity index is 2300. The lowest BCUT2D eigenvalue weighted by Crippen LogP contribution is -2.07. The van der Waals surface area contributed by atoms with Crippen molar-refractivity contribution in [2.24, 2.45) is 0 Å². The summed E-state index contributed by atoms with van der Waals surface area (Å²) in [6.07, 6.45) is -0.340. The van der Waals surface area contributed by atoms with E-state index in [4.69, 9.17) is 4.74 Å². The Morgan fingerprint density at radius 3 is 1.71 bits per heavy atom. The van der Waals surface area contributed by atoms with Crippen molar-refractivity contribution in [3.8, 4) is 0 Å². The number of aliphatic hydroxyl groups is 1. The summed E-state index contributed by atoms with van der Waals surface area (Å²) in [7, 11) is 0. The molecule has 0 radical (unpaired) electrons. The molecule has 9 nitrogen and oxygen atoms in total. The highest BCUT2D eigenvalue weighted by atomic mass is 127. The highest BCUT2D eigenvalue weighted by Crippen LogP contribution is 2.35.